The third-order valence-corrected chi connectivity index (χ3v) is 9.16. The molecular weight excluding hydrogens is 559 g/mol. The van der Waals surface area contributed by atoms with Crippen LogP contribution in [0.4, 0.5) is 4.39 Å². The molecule has 2 unspecified atom stereocenters. The number of piperidine rings is 1. The summed E-state index contributed by atoms with van der Waals surface area (Å²) in [5.41, 5.74) is 4.44. The number of pyridine rings is 1. The number of carboxylic acids is 1. The lowest BCUT2D eigenvalue weighted by Crippen LogP contribution is -2.35. The van der Waals surface area contributed by atoms with Crippen LogP contribution in [0.15, 0.2) is 48.5 Å². The molecule has 0 amide bonds. The summed E-state index contributed by atoms with van der Waals surface area (Å²) in [5.74, 6) is 0.781. The van der Waals surface area contributed by atoms with Gasteiger partial charge in [-0.2, -0.15) is 0 Å². The molecule has 8 nitrogen and oxygen atoms in total. The number of imidazole rings is 1. The number of carboxylic acid groups (broad SMARTS) is 1. The van der Waals surface area contributed by atoms with Crippen LogP contribution in [0.5, 0.6) is 5.75 Å². The molecule has 218 valence electrons. The van der Waals surface area contributed by atoms with E-state index in [9.17, 15) is 14.3 Å². The van der Waals surface area contributed by atoms with Crippen molar-refractivity contribution in [1.29, 1.82) is 0 Å². The second-order valence-electron chi connectivity index (χ2n) is 11.5. The van der Waals surface area contributed by atoms with Gasteiger partial charge in [-0.3, -0.25) is 4.90 Å². The highest BCUT2D eigenvalue weighted by molar-refractivity contribution is 6.30. The van der Waals surface area contributed by atoms with Gasteiger partial charge in [0, 0.05) is 17.5 Å². The molecule has 2 saturated heterocycles. The van der Waals surface area contributed by atoms with E-state index in [1.165, 1.54) is 23.3 Å². The number of likely N-dealkylation sites (tertiary alicyclic amines) is 1. The number of hydrogen-bond acceptors (Lipinski definition) is 6. The third-order valence-electron chi connectivity index (χ3n) is 8.92. The highest BCUT2D eigenvalue weighted by Gasteiger charge is 2.30. The van der Waals surface area contributed by atoms with Gasteiger partial charge in [0.25, 0.3) is 0 Å². The van der Waals surface area contributed by atoms with Gasteiger partial charge in [0.2, 0.25) is 0 Å². The zero-order valence-electron chi connectivity index (χ0n) is 23.1. The van der Waals surface area contributed by atoms with E-state index < -0.39 is 5.97 Å². The molecular formula is C32H32ClFN4O4. The first kappa shape index (κ1) is 27.3. The van der Waals surface area contributed by atoms with Gasteiger partial charge >= 0.3 is 5.97 Å². The topological polar surface area (TPSA) is 89.7 Å². The summed E-state index contributed by atoms with van der Waals surface area (Å²) in [6.45, 7) is 4.28. The molecule has 3 aliphatic heterocycles. The number of aromatic carboxylic acids is 1. The monoisotopic (exact) mass is 590 g/mol. The second kappa shape index (κ2) is 11.3. The van der Waals surface area contributed by atoms with Crippen LogP contribution in [0.25, 0.3) is 11.2 Å². The molecule has 1 N–H and O–H groups in total. The van der Waals surface area contributed by atoms with Gasteiger partial charge in [0.05, 0.1) is 25.8 Å². The normalized spacial score (nSPS) is 21.1. The molecule has 0 bridgehead atoms. The lowest BCUT2D eigenvalue weighted by molar-refractivity contribution is -0.0593. The SMILES string of the molecule is O=C(O)c1ccc2nc(CN3CCC(c4cccc5c4CC(c4ccc(Cl)cc4F)CO5)CC3)n(CC3CCO3)c2n1. The van der Waals surface area contributed by atoms with Crippen LogP contribution in [-0.4, -0.2) is 62.9 Å². The van der Waals surface area contributed by atoms with Gasteiger partial charge in [-0.05, 0) is 91.7 Å². The highest BCUT2D eigenvalue weighted by Crippen LogP contribution is 2.41. The van der Waals surface area contributed by atoms with Crippen molar-refractivity contribution in [3.8, 4) is 5.75 Å². The molecule has 0 spiro atoms. The molecule has 0 saturated carbocycles. The lowest BCUT2D eigenvalue weighted by atomic mass is 9.81. The highest BCUT2D eigenvalue weighted by atomic mass is 35.5. The molecule has 5 heterocycles. The number of rotatable bonds is 7. The number of aromatic nitrogens is 3. The van der Waals surface area contributed by atoms with Crippen molar-refractivity contribution in [1.82, 2.24) is 19.4 Å². The number of ether oxygens (including phenoxy) is 2. The quantitative estimate of drug-likeness (QED) is 0.290. The Balaban J connectivity index is 1.07. The van der Waals surface area contributed by atoms with Crippen molar-refractivity contribution >= 4 is 28.7 Å². The van der Waals surface area contributed by atoms with Crippen LogP contribution in [0.2, 0.25) is 5.02 Å². The molecule has 0 aliphatic carbocycles. The van der Waals surface area contributed by atoms with Gasteiger partial charge in [-0.1, -0.05) is 29.8 Å². The van der Waals surface area contributed by atoms with E-state index in [2.05, 4.69) is 22.0 Å². The summed E-state index contributed by atoms with van der Waals surface area (Å²) >= 11 is 5.99. The predicted molar refractivity (Wildman–Crippen MR) is 156 cm³/mol. The Morgan fingerprint density at radius 3 is 2.62 bits per heavy atom. The number of nitrogens with zero attached hydrogens (tertiary/aromatic N) is 4. The largest absolute Gasteiger partial charge is 0.493 e. The van der Waals surface area contributed by atoms with Crippen LogP contribution in [0, 0.1) is 5.82 Å². The van der Waals surface area contributed by atoms with Gasteiger partial charge in [0.15, 0.2) is 11.3 Å². The molecule has 4 aromatic rings. The minimum absolute atomic E-state index is 0.0155. The fourth-order valence-corrected chi connectivity index (χ4v) is 6.72. The van der Waals surface area contributed by atoms with Crippen molar-refractivity contribution in [2.45, 2.75) is 56.7 Å². The summed E-state index contributed by atoms with van der Waals surface area (Å²) in [6.07, 6.45) is 3.79. The molecule has 10 heteroatoms. The fourth-order valence-electron chi connectivity index (χ4n) is 6.56. The van der Waals surface area contributed by atoms with E-state index in [-0.39, 0.29) is 23.5 Å². The Labute approximate surface area is 248 Å². The number of fused-ring (bicyclic) bond motifs is 2. The van der Waals surface area contributed by atoms with Gasteiger partial charge < -0.3 is 19.1 Å². The minimum atomic E-state index is -1.05. The van der Waals surface area contributed by atoms with Crippen molar-refractivity contribution in [2.75, 3.05) is 26.3 Å². The lowest BCUT2D eigenvalue weighted by Gasteiger charge is -2.35. The maximum Gasteiger partial charge on any atom is 0.354 e. The van der Waals surface area contributed by atoms with E-state index in [4.69, 9.17) is 26.1 Å². The smallest absolute Gasteiger partial charge is 0.354 e. The molecule has 0 radical (unpaired) electrons. The molecule has 2 aromatic heterocycles. The molecule has 3 aliphatic rings. The van der Waals surface area contributed by atoms with Crippen molar-refractivity contribution in [2.24, 2.45) is 0 Å². The average Bonchev–Trinajstić information content (AvgIpc) is 3.30. The Kier molecular flexibility index (Phi) is 7.34. The average molecular weight is 591 g/mol. The standard InChI is InChI=1S/C32H32ClFN4O4/c33-21-4-5-24(26(34)15-21)20-14-25-23(2-1-3-29(25)42-18-20)19-8-11-37(12-9-19)17-30-35-27-6-7-28(32(39)40)36-31(27)38(30)16-22-10-13-41-22/h1-7,15,19-20,22H,8-14,16-18H2,(H,39,40). The minimum Gasteiger partial charge on any atom is -0.493 e. The van der Waals surface area contributed by atoms with E-state index in [1.807, 2.05) is 10.6 Å². The molecule has 42 heavy (non-hydrogen) atoms. The Morgan fingerprint density at radius 1 is 1.05 bits per heavy atom. The zero-order valence-corrected chi connectivity index (χ0v) is 23.9. The number of halogens is 2. The summed E-state index contributed by atoms with van der Waals surface area (Å²) in [5, 5.41) is 9.87. The molecule has 7 rings (SSSR count). The van der Waals surface area contributed by atoms with Gasteiger partial charge in [-0.15, -0.1) is 0 Å². The Morgan fingerprint density at radius 2 is 1.88 bits per heavy atom. The third kappa shape index (κ3) is 5.25. The van der Waals surface area contributed by atoms with Crippen molar-refractivity contribution < 1.29 is 23.8 Å². The van der Waals surface area contributed by atoms with Crippen LogP contribution in [0.3, 0.4) is 0 Å². The Bertz CT molecular complexity index is 1650. The zero-order chi connectivity index (χ0) is 28.8. The maximum atomic E-state index is 14.7. The maximum absolute atomic E-state index is 14.7. The molecule has 2 atom stereocenters. The Hall–Kier alpha value is -3.53. The van der Waals surface area contributed by atoms with E-state index in [0.717, 1.165) is 57.0 Å². The second-order valence-corrected chi connectivity index (χ2v) is 12.0. The van der Waals surface area contributed by atoms with Crippen molar-refractivity contribution in [3.63, 3.8) is 0 Å². The van der Waals surface area contributed by atoms with Crippen LogP contribution in [0.1, 0.15) is 64.1 Å². The van der Waals surface area contributed by atoms with E-state index >= 15 is 0 Å². The fraction of sp³-hybridized carbons (Fsp3) is 0.406. The first-order chi connectivity index (χ1) is 20.4. The first-order valence-corrected chi connectivity index (χ1v) is 14.9. The summed E-state index contributed by atoms with van der Waals surface area (Å²) < 4.78 is 28.6. The van der Waals surface area contributed by atoms with E-state index in [0.29, 0.717) is 47.4 Å². The van der Waals surface area contributed by atoms with Gasteiger partial charge in [0.1, 0.15) is 22.9 Å². The van der Waals surface area contributed by atoms with Gasteiger partial charge in [-0.25, -0.2) is 19.2 Å². The summed E-state index contributed by atoms with van der Waals surface area (Å²) in [6, 6.07) is 14.4. The molecule has 2 fully saturated rings. The number of hydrogen-bond donors (Lipinski definition) is 1. The molecule has 2 aromatic carbocycles. The van der Waals surface area contributed by atoms with Crippen molar-refractivity contribution in [3.05, 3.63) is 87.6 Å². The van der Waals surface area contributed by atoms with Crippen LogP contribution < -0.4 is 4.74 Å². The first-order valence-electron chi connectivity index (χ1n) is 14.6. The summed E-state index contributed by atoms with van der Waals surface area (Å²) in [4.78, 5) is 23.3. The number of benzene rings is 2. The predicted octanol–water partition coefficient (Wildman–Crippen LogP) is 5.81. The van der Waals surface area contributed by atoms with E-state index in [1.54, 1.807) is 18.2 Å². The van der Waals surface area contributed by atoms with Crippen LogP contribution >= 0.6 is 11.6 Å². The summed E-state index contributed by atoms with van der Waals surface area (Å²) in [7, 11) is 0. The number of carbonyl (C=O) groups is 1. The van der Waals surface area contributed by atoms with Crippen LogP contribution in [-0.2, 0) is 24.2 Å².